The van der Waals surface area contributed by atoms with E-state index in [1.807, 2.05) is 20.8 Å². The van der Waals surface area contributed by atoms with E-state index in [0.29, 0.717) is 132 Å². The minimum atomic E-state index is -1.13. The normalized spacial score (nSPS) is 11.5. The topological polar surface area (TPSA) is 197 Å². The van der Waals surface area contributed by atoms with Gasteiger partial charge in [0.15, 0.2) is 0 Å². The zero-order valence-corrected chi connectivity index (χ0v) is 27.7. The Bertz CT molecular complexity index is 725. The van der Waals surface area contributed by atoms with Gasteiger partial charge in [-0.3, -0.25) is 4.79 Å². The molecule has 0 unspecified atom stereocenters. The Labute approximate surface area is 272 Å². The molecular weight excluding hydrogens is 616 g/mol. The van der Waals surface area contributed by atoms with Crippen LogP contribution in [0.15, 0.2) is 0 Å². The summed E-state index contributed by atoms with van der Waals surface area (Å²) in [5.41, 5.74) is -0.519. The molecule has 0 aromatic carbocycles. The van der Waals surface area contributed by atoms with E-state index in [0.717, 1.165) is 0 Å². The highest BCUT2D eigenvalue weighted by Crippen LogP contribution is 2.06. The lowest BCUT2D eigenvalue weighted by Gasteiger charge is -2.19. The van der Waals surface area contributed by atoms with Crippen molar-refractivity contribution in [3.63, 3.8) is 0 Å². The molecule has 17 heteroatoms. The summed E-state index contributed by atoms with van der Waals surface area (Å²) in [7, 11) is 0. The average Bonchev–Trinajstić information content (AvgIpc) is 2.98. The van der Waals surface area contributed by atoms with Crippen molar-refractivity contribution in [3.05, 3.63) is 0 Å². The van der Waals surface area contributed by atoms with E-state index >= 15 is 0 Å². The van der Waals surface area contributed by atoms with E-state index in [1.165, 1.54) is 0 Å². The van der Waals surface area contributed by atoms with Crippen LogP contribution in [-0.2, 0) is 61.7 Å². The summed E-state index contributed by atoms with van der Waals surface area (Å²) in [6, 6.07) is 0. The van der Waals surface area contributed by atoms with Crippen LogP contribution in [0.5, 0.6) is 0 Å². The molecule has 0 saturated heterocycles. The predicted molar refractivity (Wildman–Crippen MR) is 163 cm³/mol. The number of carboxylic acid groups (broad SMARTS) is 1. The number of carbonyl (C=O) groups is 3. The van der Waals surface area contributed by atoms with E-state index in [-0.39, 0.29) is 6.61 Å². The van der Waals surface area contributed by atoms with Gasteiger partial charge in [0.2, 0.25) is 5.91 Å². The first-order valence-corrected chi connectivity index (χ1v) is 15.4. The van der Waals surface area contributed by atoms with Gasteiger partial charge in [-0.1, -0.05) is 0 Å². The second-order valence-corrected chi connectivity index (χ2v) is 10.2. The number of carbonyl (C=O) groups excluding carboxylic acids is 2. The van der Waals surface area contributed by atoms with Gasteiger partial charge in [0.1, 0.15) is 18.8 Å². The molecule has 17 nitrogen and oxygen atoms in total. The van der Waals surface area contributed by atoms with Crippen molar-refractivity contribution < 1.29 is 71.6 Å². The number of ether oxygens (including phenoxy) is 11. The van der Waals surface area contributed by atoms with Crippen LogP contribution in [0.3, 0.4) is 0 Å². The lowest BCUT2D eigenvalue weighted by Crippen LogP contribution is -2.34. The third kappa shape index (κ3) is 38.0. The molecular formula is C29H56N2O15. The van der Waals surface area contributed by atoms with Crippen LogP contribution in [0.2, 0.25) is 0 Å². The van der Waals surface area contributed by atoms with Gasteiger partial charge in [0, 0.05) is 13.1 Å². The number of amides is 2. The lowest BCUT2D eigenvalue weighted by atomic mass is 10.2. The molecule has 0 aliphatic carbocycles. The van der Waals surface area contributed by atoms with Crippen LogP contribution in [0.1, 0.15) is 20.8 Å². The van der Waals surface area contributed by atoms with Crippen molar-refractivity contribution in [3.8, 4) is 0 Å². The number of alkyl carbamates (subject to hydrolysis) is 1. The number of hydrogen-bond donors (Lipinski definition) is 3. The molecule has 0 radical (unpaired) electrons. The number of hydrogen-bond acceptors (Lipinski definition) is 14. The van der Waals surface area contributed by atoms with Crippen molar-refractivity contribution in [2.45, 2.75) is 26.4 Å². The maximum Gasteiger partial charge on any atom is 0.407 e. The first-order chi connectivity index (χ1) is 22.2. The van der Waals surface area contributed by atoms with Crippen LogP contribution in [0.4, 0.5) is 4.79 Å². The van der Waals surface area contributed by atoms with Crippen molar-refractivity contribution in [1.29, 1.82) is 0 Å². The van der Waals surface area contributed by atoms with Crippen LogP contribution < -0.4 is 10.6 Å². The average molecular weight is 673 g/mol. The highest BCUT2D eigenvalue weighted by Gasteiger charge is 2.15. The zero-order valence-electron chi connectivity index (χ0n) is 27.7. The summed E-state index contributed by atoms with van der Waals surface area (Å²) in [5.74, 6) is -1.53. The van der Waals surface area contributed by atoms with Gasteiger partial charge in [-0.25, -0.2) is 9.59 Å². The van der Waals surface area contributed by atoms with Crippen LogP contribution in [0.25, 0.3) is 0 Å². The fraction of sp³-hybridized carbons (Fsp3) is 0.897. The first-order valence-electron chi connectivity index (χ1n) is 15.4. The highest BCUT2D eigenvalue weighted by molar-refractivity contribution is 5.77. The molecule has 3 N–H and O–H groups in total. The minimum Gasteiger partial charge on any atom is -0.480 e. The summed E-state index contributed by atoms with van der Waals surface area (Å²) < 4.78 is 58.5. The van der Waals surface area contributed by atoms with Gasteiger partial charge < -0.3 is 67.8 Å². The summed E-state index contributed by atoms with van der Waals surface area (Å²) in [4.78, 5) is 33.1. The summed E-state index contributed by atoms with van der Waals surface area (Å²) in [6.07, 6.45) is -0.461. The molecule has 0 spiro atoms. The van der Waals surface area contributed by atoms with Crippen molar-refractivity contribution in [1.82, 2.24) is 10.6 Å². The number of aliphatic carboxylic acids is 1. The molecule has 0 rings (SSSR count). The Morgan fingerprint density at radius 3 is 1.07 bits per heavy atom. The van der Waals surface area contributed by atoms with Gasteiger partial charge in [-0.2, -0.15) is 0 Å². The maximum absolute atomic E-state index is 11.5. The molecule has 0 atom stereocenters. The molecule has 0 aromatic heterocycles. The second-order valence-electron chi connectivity index (χ2n) is 10.2. The number of carboxylic acids is 1. The molecule has 0 fully saturated rings. The molecule has 0 heterocycles. The summed E-state index contributed by atoms with van der Waals surface area (Å²) in [6.45, 7) is 13.1. The Morgan fingerprint density at radius 2 is 0.761 bits per heavy atom. The summed E-state index contributed by atoms with van der Waals surface area (Å²) in [5, 5.41) is 13.6. The standard InChI is InChI=1S/C29H56N2O15/c1-29(2,3)46-28(35)31-5-7-37-9-11-39-13-15-41-17-19-43-21-23-44-22-20-42-18-16-40-14-12-38-10-8-36-6-4-30-26(32)24-45-25-27(33)34/h4-25H2,1-3H3,(H,30,32)(H,31,35)(H,33,34). The first kappa shape index (κ1) is 43.8. The highest BCUT2D eigenvalue weighted by atomic mass is 16.6. The Kier molecular flexibility index (Phi) is 31.2. The predicted octanol–water partition coefficient (Wildman–Crippen LogP) is -0.122. The number of rotatable bonds is 34. The molecule has 0 saturated carbocycles. The molecule has 0 bridgehead atoms. The van der Waals surface area contributed by atoms with Gasteiger partial charge in [-0.05, 0) is 20.8 Å². The molecule has 46 heavy (non-hydrogen) atoms. The Hall–Kier alpha value is -2.19. The van der Waals surface area contributed by atoms with E-state index in [1.54, 1.807) is 0 Å². The van der Waals surface area contributed by atoms with Gasteiger partial charge >= 0.3 is 12.1 Å². The van der Waals surface area contributed by atoms with Crippen molar-refractivity contribution >= 4 is 18.0 Å². The zero-order chi connectivity index (χ0) is 34.0. The van der Waals surface area contributed by atoms with E-state index in [9.17, 15) is 14.4 Å². The second kappa shape index (κ2) is 32.7. The van der Waals surface area contributed by atoms with Crippen LogP contribution in [-0.4, -0.2) is 174 Å². The SMILES string of the molecule is CC(C)(C)OC(=O)NCCOCCOCCOCCOCCOCCOCCOCCOCCOCCNC(=O)COCC(=O)O. The Balaban J connectivity index is 3.14. The van der Waals surface area contributed by atoms with Crippen LogP contribution in [0, 0.1) is 0 Å². The summed E-state index contributed by atoms with van der Waals surface area (Å²) >= 11 is 0. The molecule has 0 aliphatic rings. The largest absolute Gasteiger partial charge is 0.480 e. The van der Waals surface area contributed by atoms with Crippen LogP contribution >= 0.6 is 0 Å². The van der Waals surface area contributed by atoms with Gasteiger partial charge in [0.05, 0.1) is 119 Å². The van der Waals surface area contributed by atoms with Crippen molar-refractivity contribution in [2.75, 3.05) is 145 Å². The molecule has 272 valence electrons. The van der Waals surface area contributed by atoms with E-state index in [2.05, 4.69) is 15.4 Å². The Morgan fingerprint density at radius 1 is 0.457 bits per heavy atom. The monoisotopic (exact) mass is 672 g/mol. The van der Waals surface area contributed by atoms with E-state index < -0.39 is 30.2 Å². The number of nitrogens with one attached hydrogen (secondary N) is 2. The van der Waals surface area contributed by atoms with Gasteiger partial charge in [0.25, 0.3) is 0 Å². The third-order valence-corrected chi connectivity index (χ3v) is 4.92. The van der Waals surface area contributed by atoms with Crippen molar-refractivity contribution in [2.24, 2.45) is 0 Å². The third-order valence-electron chi connectivity index (χ3n) is 4.92. The lowest BCUT2D eigenvalue weighted by molar-refractivity contribution is -0.143. The van der Waals surface area contributed by atoms with Gasteiger partial charge in [-0.15, -0.1) is 0 Å². The quantitative estimate of drug-likeness (QED) is 0.0765. The minimum absolute atomic E-state index is 0.296. The smallest absolute Gasteiger partial charge is 0.407 e. The molecule has 2 amide bonds. The fourth-order valence-electron chi connectivity index (χ4n) is 2.95. The maximum atomic E-state index is 11.5. The molecule has 0 aliphatic heterocycles. The van der Waals surface area contributed by atoms with E-state index in [4.69, 9.17) is 52.5 Å². The molecule has 0 aromatic rings. The fourth-order valence-corrected chi connectivity index (χ4v) is 2.95.